The molecule has 96 valence electrons. The van der Waals surface area contributed by atoms with Crippen LogP contribution in [0.4, 0.5) is 10.1 Å². The molecule has 1 amide bonds. The summed E-state index contributed by atoms with van der Waals surface area (Å²) in [5.74, 6) is -0.869. The van der Waals surface area contributed by atoms with Gasteiger partial charge in [-0.3, -0.25) is 4.79 Å². The number of rotatable bonds is 5. The summed E-state index contributed by atoms with van der Waals surface area (Å²) in [7, 11) is 0. The molecule has 0 saturated carbocycles. The highest BCUT2D eigenvalue weighted by atomic mass is 19.1. The van der Waals surface area contributed by atoms with Crippen molar-refractivity contribution in [1.29, 1.82) is 5.26 Å². The number of benzene rings is 1. The van der Waals surface area contributed by atoms with Crippen molar-refractivity contribution < 1.29 is 9.18 Å². The van der Waals surface area contributed by atoms with Gasteiger partial charge in [-0.25, -0.2) is 4.39 Å². The van der Waals surface area contributed by atoms with E-state index in [1.54, 1.807) is 0 Å². The molecule has 3 N–H and O–H groups in total. The Bertz CT molecular complexity index is 468. The van der Waals surface area contributed by atoms with E-state index in [9.17, 15) is 9.18 Å². The molecule has 1 atom stereocenters. The summed E-state index contributed by atoms with van der Waals surface area (Å²) in [6.45, 7) is 2.01. The van der Waals surface area contributed by atoms with E-state index in [2.05, 4.69) is 5.32 Å². The SMILES string of the molecule is CCCC[C@H](N)C(=O)Nc1ccc(F)cc1C#N. The molecule has 0 bridgehead atoms. The molecule has 1 aromatic rings. The minimum Gasteiger partial charge on any atom is -0.324 e. The Kier molecular flexibility index (Phi) is 5.28. The molecule has 0 radical (unpaired) electrons. The number of unbranched alkanes of at least 4 members (excludes halogenated alkanes) is 1. The molecule has 1 rings (SSSR count). The molecule has 0 spiro atoms. The molecule has 4 nitrogen and oxygen atoms in total. The normalized spacial score (nSPS) is 11.7. The van der Waals surface area contributed by atoms with E-state index in [-0.39, 0.29) is 17.2 Å². The van der Waals surface area contributed by atoms with E-state index >= 15 is 0 Å². The van der Waals surface area contributed by atoms with Crippen LogP contribution in [0.1, 0.15) is 31.7 Å². The van der Waals surface area contributed by atoms with Crippen molar-refractivity contribution in [3.8, 4) is 6.07 Å². The fourth-order valence-electron chi connectivity index (χ4n) is 1.50. The highest BCUT2D eigenvalue weighted by molar-refractivity contribution is 5.95. The van der Waals surface area contributed by atoms with E-state index in [1.165, 1.54) is 12.1 Å². The van der Waals surface area contributed by atoms with Gasteiger partial charge in [-0.1, -0.05) is 19.8 Å². The first-order valence-corrected chi connectivity index (χ1v) is 5.84. The van der Waals surface area contributed by atoms with E-state index in [0.717, 1.165) is 18.9 Å². The molecule has 0 aliphatic carbocycles. The van der Waals surface area contributed by atoms with Crippen LogP contribution >= 0.6 is 0 Å². The van der Waals surface area contributed by atoms with Gasteiger partial charge >= 0.3 is 0 Å². The largest absolute Gasteiger partial charge is 0.324 e. The topological polar surface area (TPSA) is 78.9 Å². The number of nitrogens with two attached hydrogens (primary N) is 1. The first-order chi connectivity index (χ1) is 8.58. The van der Waals surface area contributed by atoms with Gasteiger partial charge in [-0.2, -0.15) is 5.26 Å². The van der Waals surface area contributed by atoms with E-state index in [0.29, 0.717) is 6.42 Å². The fourth-order valence-corrected chi connectivity index (χ4v) is 1.50. The third-order valence-corrected chi connectivity index (χ3v) is 2.57. The van der Waals surface area contributed by atoms with Crippen molar-refractivity contribution in [3.63, 3.8) is 0 Å². The summed E-state index contributed by atoms with van der Waals surface area (Å²) in [6.07, 6.45) is 2.41. The lowest BCUT2D eigenvalue weighted by molar-refractivity contribution is -0.117. The molecule has 0 heterocycles. The lowest BCUT2D eigenvalue weighted by atomic mass is 10.1. The average Bonchev–Trinajstić information content (AvgIpc) is 2.37. The molecule has 0 unspecified atom stereocenters. The number of carbonyl (C=O) groups excluding carboxylic acids is 1. The fraction of sp³-hybridized carbons (Fsp3) is 0.385. The lowest BCUT2D eigenvalue weighted by Crippen LogP contribution is -2.35. The van der Waals surface area contributed by atoms with Gasteiger partial charge in [0.2, 0.25) is 5.91 Å². The number of nitrogens with one attached hydrogen (secondary N) is 1. The molecule has 5 heteroatoms. The zero-order valence-corrected chi connectivity index (χ0v) is 10.2. The van der Waals surface area contributed by atoms with Crippen LogP contribution in [0.2, 0.25) is 0 Å². The number of nitriles is 1. The van der Waals surface area contributed by atoms with Crippen molar-refractivity contribution in [2.24, 2.45) is 5.73 Å². The summed E-state index contributed by atoms with van der Waals surface area (Å²) in [6, 6.07) is 4.84. The van der Waals surface area contributed by atoms with Crippen molar-refractivity contribution >= 4 is 11.6 Å². The maximum Gasteiger partial charge on any atom is 0.241 e. The predicted molar refractivity (Wildman–Crippen MR) is 67.2 cm³/mol. The molecule has 0 saturated heterocycles. The van der Waals surface area contributed by atoms with Crippen LogP contribution in [0, 0.1) is 17.1 Å². The maximum absolute atomic E-state index is 12.9. The number of carbonyl (C=O) groups is 1. The van der Waals surface area contributed by atoms with Crippen LogP contribution in [0.25, 0.3) is 0 Å². The Morgan fingerprint density at radius 3 is 2.94 bits per heavy atom. The van der Waals surface area contributed by atoms with Crippen LogP contribution in [0.3, 0.4) is 0 Å². The Balaban J connectivity index is 2.73. The second-order valence-electron chi connectivity index (χ2n) is 4.04. The van der Waals surface area contributed by atoms with Gasteiger partial charge in [-0.15, -0.1) is 0 Å². The Morgan fingerprint density at radius 2 is 2.33 bits per heavy atom. The summed E-state index contributed by atoms with van der Waals surface area (Å²) in [5.41, 5.74) is 6.08. The van der Waals surface area contributed by atoms with Crippen LogP contribution in [0.15, 0.2) is 18.2 Å². The summed E-state index contributed by atoms with van der Waals surface area (Å²) >= 11 is 0. The van der Waals surface area contributed by atoms with Gasteiger partial charge in [0.05, 0.1) is 17.3 Å². The number of amides is 1. The van der Waals surface area contributed by atoms with Crippen molar-refractivity contribution in [2.75, 3.05) is 5.32 Å². The molecule has 1 aromatic carbocycles. The van der Waals surface area contributed by atoms with Crippen molar-refractivity contribution in [3.05, 3.63) is 29.6 Å². The monoisotopic (exact) mass is 249 g/mol. The van der Waals surface area contributed by atoms with Gasteiger partial charge in [0.15, 0.2) is 0 Å². The summed E-state index contributed by atoms with van der Waals surface area (Å²) in [4.78, 5) is 11.7. The van der Waals surface area contributed by atoms with Crippen LogP contribution in [-0.4, -0.2) is 11.9 Å². The van der Waals surface area contributed by atoms with E-state index in [1.807, 2.05) is 13.0 Å². The van der Waals surface area contributed by atoms with Gasteiger partial charge in [-0.05, 0) is 24.6 Å². The Morgan fingerprint density at radius 1 is 1.61 bits per heavy atom. The lowest BCUT2D eigenvalue weighted by Gasteiger charge is -2.12. The minimum atomic E-state index is -0.610. The molecule has 0 aliphatic rings. The summed E-state index contributed by atoms with van der Waals surface area (Å²) < 4.78 is 12.9. The number of nitrogens with zero attached hydrogens (tertiary/aromatic N) is 1. The predicted octanol–water partition coefficient (Wildman–Crippen LogP) is 2.15. The molecule has 0 aliphatic heterocycles. The Labute approximate surface area is 106 Å². The molecule has 0 fully saturated rings. The van der Waals surface area contributed by atoms with Gasteiger partial charge in [0.1, 0.15) is 11.9 Å². The first-order valence-electron chi connectivity index (χ1n) is 5.84. The van der Waals surface area contributed by atoms with Crippen molar-refractivity contribution in [1.82, 2.24) is 0 Å². The molecular formula is C13H16FN3O. The maximum atomic E-state index is 12.9. The highest BCUT2D eigenvalue weighted by Gasteiger charge is 2.14. The molecule has 18 heavy (non-hydrogen) atoms. The average molecular weight is 249 g/mol. The zero-order valence-electron chi connectivity index (χ0n) is 10.2. The molecule has 0 aromatic heterocycles. The van der Waals surface area contributed by atoms with E-state index < -0.39 is 11.9 Å². The molecular weight excluding hydrogens is 233 g/mol. The van der Waals surface area contributed by atoms with Gasteiger partial charge in [0.25, 0.3) is 0 Å². The zero-order chi connectivity index (χ0) is 13.5. The standard InChI is InChI=1S/C13H16FN3O/c1-2-3-4-11(16)13(18)17-12-6-5-10(14)7-9(12)8-15/h5-7,11H,2-4,16H2,1H3,(H,17,18)/t11-/m0/s1. The third kappa shape index (κ3) is 3.82. The number of hydrogen-bond donors (Lipinski definition) is 2. The highest BCUT2D eigenvalue weighted by Crippen LogP contribution is 2.16. The van der Waals surface area contributed by atoms with Crippen LogP contribution < -0.4 is 11.1 Å². The second-order valence-corrected chi connectivity index (χ2v) is 4.04. The first kappa shape index (κ1) is 14.1. The quantitative estimate of drug-likeness (QED) is 0.839. The number of halogens is 1. The third-order valence-electron chi connectivity index (χ3n) is 2.57. The number of hydrogen-bond acceptors (Lipinski definition) is 3. The van der Waals surface area contributed by atoms with Crippen LogP contribution in [-0.2, 0) is 4.79 Å². The number of anilines is 1. The van der Waals surface area contributed by atoms with Crippen molar-refractivity contribution in [2.45, 2.75) is 32.2 Å². The van der Waals surface area contributed by atoms with Gasteiger partial charge in [0, 0.05) is 0 Å². The van der Waals surface area contributed by atoms with Crippen LogP contribution in [0.5, 0.6) is 0 Å². The Hall–Kier alpha value is -1.93. The van der Waals surface area contributed by atoms with Gasteiger partial charge < -0.3 is 11.1 Å². The summed E-state index contributed by atoms with van der Waals surface area (Å²) in [5, 5.41) is 11.4. The van der Waals surface area contributed by atoms with E-state index in [4.69, 9.17) is 11.0 Å². The minimum absolute atomic E-state index is 0.0889. The smallest absolute Gasteiger partial charge is 0.241 e. The second kappa shape index (κ2) is 6.72.